The number of thioether (sulfide) groups is 1. The number of hydrogen-bond acceptors (Lipinski definition) is 8. The Labute approximate surface area is 237 Å². The molecule has 4 fully saturated rings. The topological polar surface area (TPSA) is 85.2 Å². The van der Waals surface area contributed by atoms with Crippen LogP contribution >= 0.6 is 23.1 Å². The van der Waals surface area contributed by atoms with Gasteiger partial charge in [-0.25, -0.2) is 19.2 Å². The van der Waals surface area contributed by atoms with Gasteiger partial charge in [0.15, 0.2) is 5.82 Å². The molecule has 5 aromatic rings. The van der Waals surface area contributed by atoms with Gasteiger partial charge in [0.05, 0.1) is 40.4 Å². The number of aromatic nitrogens is 4. The maximum atomic E-state index is 16.5. The maximum absolute atomic E-state index is 16.5. The summed E-state index contributed by atoms with van der Waals surface area (Å²) >= 11 is 3.04. The lowest BCUT2D eigenvalue weighted by atomic mass is 9.79. The van der Waals surface area contributed by atoms with Gasteiger partial charge in [0.2, 0.25) is 0 Å². The van der Waals surface area contributed by atoms with Gasteiger partial charge in [-0.05, 0) is 43.6 Å². The molecule has 7 heterocycles. The summed E-state index contributed by atoms with van der Waals surface area (Å²) in [7, 11) is 1.44. The number of nitrogens with zero attached hydrogens (tertiary/aromatic N) is 5. The number of carbonyl (C=O) groups is 1. The normalized spacial score (nSPS) is 23.9. The van der Waals surface area contributed by atoms with E-state index in [0.29, 0.717) is 35.0 Å². The molecule has 0 radical (unpaired) electrons. The van der Waals surface area contributed by atoms with Gasteiger partial charge in [0.25, 0.3) is 0 Å². The molecule has 11 heteroatoms. The first-order valence-electron chi connectivity index (χ1n) is 13.6. The Kier molecular flexibility index (Phi) is 5.59. The molecule has 0 unspecified atom stereocenters. The number of nitrogens with one attached hydrogen (secondary N) is 1. The van der Waals surface area contributed by atoms with Crippen molar-refractivity contribution >= 4 is 61.2 Å². The van der Waals surface area contributed by atoms with Gasteiger partial charge in [-0.2, -0.15) is 0 Å². The average Bonchev–Trinajstić information content (AvgIpc) is 3.80. The number of benzene rings is 1. The van der Waals surface area contributed by atoms with E-state index in [1.54, 1.807) is 11.7 Å². The van der Waals surface area contributed by atoms with Crippen molar-refractivity contribution < 1.29 is 13.9 Å². The number of pyridine rings is 2. The molecular weight excluding hydrogens is 547 g/mol. The Morgan fingerprint density at radius 1 is 1.25 bits per heavy atom. The fourth-order valence-electron chi connectivity index (χ4n) is 7.15. The van der Waals surface area contributed by atoms with E-state index in [2.05, 4.69) is 20.9 Å². The number of rotatable bonds is 4. The number of thiazole rings is 1. The van der Waals surface area contributed by atoms with Crippen LogP contribution in [0.3, 0.4) is 0 Å². The molecule has 1 aliphatic carbocycles. The zero-order valence-corrected chi connectivity index (χ0v) is 23.7. The van der Waals surface area contributed by atoms with Gasteiger partial charge in [-0.1, -0.05) is 12.1 Å². The lowest BCUT2D eigenvalue weighted by molar-refractivity contribution is 0.116. The second-order valence-electron chi connectivity index (χ2n) is 10.8. The van der Waals surface area contributed by atoms with Crippen LogP contribution in [0.25, 0.3) is 43.3 Å². The van der Waals surface area contributed by atoms with Gasteiger partial charge in [-0.3, -0.25) is 9.88 Å². The molecule has 1 N–H and O–H groups in total. The van der Waals surface area contributed by atoms with E-state index in [4.69, 9.17) is 14.7 Å². The van der Waals surface area contributed by atoms with Crippen molar-refractivity contribution in [3.8, 4) is 11.3 Å². The fraction of sp³-hybridized carbons (Fsp3) is 0.379. The van der Waals surface area contributed by atoms with Crippen LogP contribution in [0.1, 0.15) is 37.0 Å². The Morgan fingerprint density at radius 2 is 2.15 bits per heavy atom. The number of amides is 1. The molecule has 9 rings (SSSR count). The fourth-order valence-corrected chi connectivity index (χ4v) is 8.41. The number of carbonyl (C=O) groups excluding carboxylic acids is 1. The minimum absolute atomic E-state index is 0.107. The van der Waals surface area contributed by atoms with E-state index in [1.165, 1.54) is 30.2 Å². The van der Waals surface area contributed by atoms with E-state index in [1.807, 2.05) is 29.4 Å². The second-order valence-corrected chi connectivity index (χ2v) is 12.5. The monoisotopic (exact) mass is 574 g/mol. The Morgan fingerprint density at radius 3 is 2.92 bits per heavy atom. The number of fused-ring (bicyclic) bond motifs is 5. The van der Waals surface area contributed by atoms with Gasteiger partial charge in [0.1, 0.15) is 16.2 Å². The summed E-state index contributed by atoms with van der Waals surface area (Å²) in [6, 6.07) is 8.43. The van der Waals surface area contributed by atoms with E-state index >= 15 is 4.39 Å². The SMILES string of the molecule is COC(=O)N1CCC[C@@H]1c1cc2c(SC)nc3c(F)c(-c4cccc5scnc45)ncc3c2n1[C@H]1[C@H]2CN[C@@H]1C2. The van der Waals surface area contributed by atoms with E-state index in [-0.39, 0.29) is 23.9 Å². The number of halogens is 1. The Balaban J connectivity index is 1.41. The van der Waals surface area contributed by atoms with Crippen LogP contribution in [0.4, 0.5) is 9.18 Å². The molecule has 4 aliphatic rings. The summed E-state index contributed by atoms with van der Waals surface area (Å²) in [4.78, 5) is 28.6. The molecule has 1 aromatic carbocycles. The van der Waals surface area contributed by atoms with Crippen LogP contribution in [0.15, 0.2) is 41.0 Å². The van der Waals surface area contributed by atoms with Crippen LogP contribution in [0.5, 0.6) is 0 Å². The summed E-state index contributed by atoms with van der Waals surface area (Å²) in [6.07, 6.45) is 6.34. The first-order valence-corrected chi connectivity index (χ1v) is 15.7. The molecule has 204 valence electrons. The van der Waals surface area contributed by atoms with Crippen molar-refractivity contribution in [1.29, 1.82) is 0 Å². The lowest BCUT2D eigenvalue weighted by Gasteiger charge is -2.39. The molecule has 1 saturated carbocycles. The third-order valence-corrected chi connectivity index (χ3v) is 10.5. The predicted molar refractivity (Wildman–Crippen MR) is 155 cm³/mol. The third-order valence-electron chi connectivity index (χ3n) is 8.96. The Bertz CT molecular complexity index is 1820. The molecular formula is C29H27FN6O2S2. The molecule has 1 amide bonds. The highest BCUT2D eigenvalue weighted by atomic mass is 32.2. The summed E-state index contributed by atoms with van der Waals surface area (Å²) < 4.78 is 25.0. The smallest absolute Gasteiger partial charge is 0.410 e. The van der Waals surface area contributed by atoms with E-state index < -0.39 is 5.82 Å². The van der Waals surface area contributed by atoms with Crippen molar-refractivity contribution in [2.45, 2.75) is 42.4 Å². The van der Waals surface area contributed by atoms with Crippen molar-refractivity contribution in [2.75, 3.05) is 26.5 Å². The van der Waals surface area contributed by atoms with Gasteiger partial charge in [-0.15, -0.1) is 23.1 Å². The standard InChI is InChI=1S/C29H27FN6O2S2/c1-38-29(37)35-8-4-6-19(35)20-10-16-27(36(20)26-14-9-18(26)31-11-14)17-12-32-24(22(30)25(17)34-28(16)39-2)15-5-3-7-21-23(15)33-13-40-21/h3,5,7,10,12-14,18-19,26,31H,4,6,8-9,11H2,1-2H3/t14-,18-,19-,26+/m1/s1. The zero-order chi connectivity index (χ0) is 27.1. The summed E-state index contributed by atoms with van der Waals surface area (Å²) in [5.74, 6) is 0.0591. The van der Waals surface area contributed by atoms with Gasteiger partial charge in [0, 0.05) is 47.4 Å². The zero-order valence-electron chi connectivity index (χ0n) is 22.1. The highest BCUT2D eigenvalue weighted by Gasteiger charge is 2.50. The molecule has 3 saturated heterocycles. The first kappa shape index (κ1) is 24.5. The van der Waals surface area contributed by atoms with Crippen molar-refractivity contribution in [3.05, 3.63) is 47.5 Å². The number of hydrogen-bond donors (Lipinski definition) is 1. The van der Waals surface area contributed by atoms with Crippen LogP contribution in [0, 0.1) is 11.7 Å². The van der Waals surface area contributed by atoms with E-state index in [0.717, 1.165) is 57.6 Å². The summed E-state index contributed by atoms with van der Waals surface area (Å²) in [5, 5.41) is 6.10. The quantitative estimate of drug-likeness (QED) is 0.258. The molecule has 4 aromatic heterocycles. The lowest BCUT2D eigenvalue weighted by Crippen LogP contribution is -2.41. The van der Waals surface area contributed by atoms with Crippen molar-refractivity contribution in [1.82, 2.24) is 29.7 Å². The number of para-hydroxylation sites is 1. The first-order chi connectivity index (χ1) is 19.6. The Hall–Kier alpha value is -3.28. The van der Waals surface area contributed by atoms with Gasteiger partial charge < -0.3 is 14.6 Å². The molecule has 2 bridgehead atoms. The van der Waals surface area contributed by atoms with Crippen molar-refractivity contribution in [2.24, 2.45) is 5.92 Å². The van der Waals surface area contributed by atoms with Crippen LogP contribution in [-0.4, -0.2) is 63.0 Å². The number of likely N-dealkylation sites (tertiary alicyclic amines) is 1. The molecule has 4 atom stereocenters. The summed E-state index contributed by atoms with van der Waals surface area (Å²) in [6.45, 7) is 1.62. The molecule has 0 spiro atoms. The molecule has 8 nitrogen and oxygen atoms in total. The minimum atomic E-state index is -0.434. The highest BCUT2D eigenvalue weighted by Crippen LogP contribution is 2.50. The van der Waals surface area contributed by atoms with Crippen LogP contribution in [0.2, 0.25) is 0 Å². The third kappa shape index (κ3) is 3.34. The highest BCUT2D eigenvalue weighted by molar-refractivity contribution is 7.98. The average molecular weight is 575 g/mol. The van der Waals surface area contributed by atoms with E-state index in [9.17, 15) is 4.79 Å². The van der Waals surface area contributed by atoms with Gasteiger partial charge >= 0.3 is 6.09 Å². The predicted octanol–water partition coefficient (Wildman–Crippen LogP) is 6.16. The minimum Gasteiger partial charge on any atom is -0.453 e. The van der Waals surface area contributed by atoms with Crippen LogP contribution in [-0.2, 0) is 4.74 Å². The van der Waals surface area contributed by atoms with Crippen molar-refractivity contribution in [3.63, 3.8) is 0 Å². The van der Waals surface area contributed by atoms with Crippen LogP contribution < -0.4 is 5.32 Å². The maximum Gasteiger partial charge on any atom is 0.410 e. The second kappa shape index (κ2) is 9.12. The largest absolute Gasteiger partial charge is 0.453 e. The molecule has 40 heavy (non-hydrogen) atoms. The number of methoxy groups -OCH3 is 1. The number of ether oxygens (including phenoxy) is 1. The summed E-state index contributed by atoms with van der Waals surface area (Å²) in [5.41, 5.74) is 5.79. The molecule has 3 aliphatic heterocycles.